The quantitative estimate of drug-likeness (QED) is 0.816. The third-order valence-electron chi connectivity index (χ3n) is 1.70. The first-order chi connectivity index (χ1) is 5.61. The van der Waals surface area contributed by atoms with Gasteiger partial charge in [-0.05, 0) is 28.5 Å². The predicted octanol–water partition coefficient (Wildman–Crippen LogP) is 1.90. The number of aromatic nitrogens is 2. The minimum Gasteiger partial charge on any atom is -0.344 e. The zero-order valence-corrected chi connectivity index (χ0v) is 10.0. The van der Waals surface area contributed by atoms with E-state index in [-0.39, 0.29) is 12.2 Å². The summed E-state index contributed by atoms with van der Waals surface area (Å²) >= 11 is 2.12. The van der Waals surface area contributed by atoms with Gasteiger partial charge in [0.25, 0.3) is 0 Å². The molecule has 1 heterocycles. The fourth-order valence-electron chi connectivity index (χ4n) is 0.836. The normalized spacial score (nSPS) is 12.4. The second kappa shape index (κ2) is 5.46. The molecule has 5 N–H and O–H groups in total. The van der Waals surface area contributed by atoms with E-state index in [9.17, 15) is 0 Å². The molecule has 1 atom stereocenters. The number of rotatable bonds is 2. The van der Waals surface area contributed by atoms with Crippen LogP contribution in [0.3, 0.4) is 0 Å². The minimum absolute atomic E-state index is 0. The molecule has 0 radical (unpaired) electrons. The number of nitrogens with zero attached hydrogens (tertiary/aromatic N) is 2. The Kier molecular flexibility index (Phi) is 5.34. The van der Waals surface area contributed by atoms with Gasteiger partial charge in [-0.2, -0.15) is 0 Å². The second-order valence-corrected chi connectivity index (χ2v) is 4.14. The van der Waals surface area contributed by atoms with Gasteiger partial charge in [0, 0.05) is 0 Å². The van der Waals surface area contributed by atoms with Crippen LogP contribution >= 0.6 is 22.6 Å². The lowest BCUT2D eigenvalue weighted by Gasteiger charge is -2.13. The Hall–Kier alpha value is -0.270. The van der Waals surface area contributed by atoms with Gasteiger partial charge in [0.05, 0.1) is 24.1 Å². The molecular formula is C8H15IN4. The lowest BCUT2D eigenvalue weighted by molar-refractivity contribution is 0.501. The molecule has 0 aliphatic heterocycles. The van der Waals surface area contributed by atoms with Crippen molar-refractivity contribution in [3.63, 3.8) is 0 Å². The lowest BCUT2D eigenvalue weighted by Crippen LogP contribution is -2.18. The highest BCUT2D eigenvalue weighted by Gasteiger charge is 2.11. The molecule has 74 valence electrons. The van der Waals surface area contributed by atoms with Crippen LogP contribution in [-0.4, -0.2) is 9.97 Å². The van der Waals surface area contributed by atoms with Crippen molar-refractivity contribution in [1.29, 1.82) is 0 Å². The molecule has 0 amide bonds. The molecule has 1 aromatic rings. The van der Waals surface area contributed by atoms with Gasteiger partial charge in [-0.15, -0.1) is 0 Å². The van der Waals surface area contributed by atoms with Crippen molar-refractivity contribution in [3.8, 4) is 0 Å². The summed E-state index contributed by atoms with van der Waals surface area (Å²) in [5.74, 6) is 0.402. The van der Waals surface area contributed by atoms with Crippen LogP contribution in [-0.2, 0) is 0 Å². The average molecular weight is 294 g/mol. The van der Waals surface area contributed by atoms with Crippen LogP contribution in [0.2, 0.25) is 0 Å². The van der Waals surface area contributed by atoms with Crippen LogP contribution in [0, 0.1) is 9.62 Å². The zero-order valence-electron chi connectivity index (χ0n) is 7.87. The fraction of sp³-hybridized carbons (Fsp3) is 0.500. The standard InChI is InChI=1S/C8H12IN3.H3N/c1-5(2)8(10)6-3-12-7(9)4-11-6;/h3-5,8H,10H2,1-2H3;1H3. The summed E-state index contributed by atoms with van der Waals surface area (Å²) in [6.07, 6.45) is 3.48. The van der Waals surface area contributed by atoms with Gasteiger partial charge in [0.2, 0.25) is 0 Å². The molecule has 1 aromatic heterocycles. The van der Waals surface area contributed by atoms with Crippen molar-refractivity contribution in [3.05, 3.63) is 21.8 Å². The lowest BCUT2D eigenvalue weighted by atomic mass is 10.0. The van der Waals surface area contributed by atoms with Crippen molar-refractivity contribution in [2.24, 2.45) is 11.7 Å². The maximum Gasteiger partial charge on any atom is 0.119 e. The first kappa shape index (κ1) is 12.7. The smallest absolute Gasteiger partial charge is 0.119 e. The van der Waals surface area contributed by atoms with E-state index in [4.69, 9.17) is 5.73 Å². The third-order valence-corrected chi connectivity index (χ3v) is 2.26. The fourth-order valence-corrected chi connectivity index (χ4v) is 1.11. The van der Waals surface area contributed by atoms with Gasteiger partial charge in [-0.3, -0.25) is 4.98 Å². The molecule has 4 nitrogen and oxygen atoms in total. The molecule has 0 aliphatic carbocycles. The van der Waals surface area contributed by atoms with Crippen molar-refractivity contribution >= 4 is 22.6 Å². The summed E-state index contributed by atoms with van der Waals surface area (Å²) in [6.45, 7) is 4.15. The van der Waals surface area contributed by atoms with Crippen molar-refractivity contribution in [2.45, 2.75) is 19.9 Å². The van der Waals surface area contributed by atoms with Gasteiger partial charge in [-0.1, -0.05) is 13.8 Å². The topological polar surface area (TPSA) is 86.8 Å². The Labute approximate surface area is 92.1 Å². The van der Waals surface area contributed by atoms with E-state index in [0.717, 1.165) is 9.39 Å². The molecule has 0 aliphatic rings. The van der Waals surface area contributed by atoms with Gasteiger partial charge in [0.15, 0.2) is 0 Å². The third kappa shape index (κ3) is 3.53. The van der Waals surface area contributed by atoms with Crippen molar-refractivity contribution in [1.82, 2.24) is 16.1 Å². The molecule has 5 heteroatoms. The Morgan fingerprint density at radius 2 is 1.92 bits per heavy atom. The molecule has 0 spiro atoms. The monoisotopic (exact) mass is 294 g/mol. The Morgan fingerprint density at radius 3 is 2.31 bits per heavy atom. The second-order valence-electron chi connectivity index (χ2n) is 3.03. The average Bonchev–Trinajstić information content (AvgIpc) is 2.04. The molecule has 1 rings (SSSR count). The molecule has 0 saturated carbocycles. The number of nitrogens with two attached hydrogens (primary N) is 1. The van der Waals surface area contributed by atoms with Crippen molar-refractivity contribution in [2.75, 3.05) is 0 Å². The highest BCUT2D eigenvalue weighted by Crippen LogP contribution is 2.15. The van der Waals surface area contributed by atoms with E-state index in [2.05, 4.69) is 46.4 Å². The SMILES string of the molecule is CC(C)C(N)c1cnc(I)cn1.N. The highest BCUT2D eigenvalue weighted by molar-refractivity contribution is 14.1. The number of halogens is 1. The summed E-state index contributed by atoms with van der Waals surface area (Å²) in [6, 6.07) is -0.00509. The molecule has 1 unspecified atom stereocenters. The molecule has 0 aromatic carbocycles. The Balaban J connectivity index is 0.00000144. The van der Waals surface area contributed by atoms with E-state index >= 15 is 0 Å². The van der Waals surface area contributed by atoms with E-state index < -0.39 is 0 Å². The molecule has 0 fully saturated rings. The summed E-state index contributed by atoms with van der Waals surface area (Å²) in [4.78, 5) is 8.33. The molecular weight excluding hydrogens is 279 g/mol. The summed E-state index contributed by atoms with van der Waals surface area (Å²) in [5, 5.41) is 0. The van der Waals surface area contributed by atoms with Crippen LogP contribution in [0.15, 0.2) is 12.4 Å². The zero-order chi connectivity index (χ0) is 9.14. The van der Waals surface area contributed by atoms with Gasteiger partial charge >= 0.3 is 0 Å². The summed E-state index contributed by atoms with van der Waals surface area (Å²) in [7, 11) is 0. The van der Waals surface area contributed by atoms with Crippen LogP contribution in [0.4, 0.5) is 0 Å². The first-order valence-corrected chi connectivity index (χ1v) is 4.92. The van der Waals surface area contributed by atoms with Crippen LogP contribution in [0.5, 0.6) is 0 Å². The molecule has 13 heavy (non-hydrogen) atoms. The Morgan fingerprint density at radius 1 is 1.31 bits per heavy atom. The highest BCUT2D eigenvalue weighted by atomic mass is 127. The van der Waals surface area contributed by atoms with Gasteiger partial charge in [-0.25, -0.2) is 4.98 Å². The van der Waals surface area contributed by atoms with Crippen LogP contribution < -0.4 is 11.9 Å². The van der Waals surface area contributed by atoms with Gasteiger partial charge in [0.1, 0.15) is 3.70 Å². The van der Waals surface area contributed by atoms with Crippen LogP contribution in [0.25, 0.3) is 0 Å². The summed E-state index contributed by atoms with van der Waals surface area (Å²) < 4.78 is 0.896. The maximum absolute atomic E-state index is 5.88. The van der Waals surface area contributed by atoms with Crippen LogP contribution in [0.1, 0.15) is 25.6 Å². The van der Waals surface area contributed by atoms with E-state index in [0.29, 0.717) is 5.92 Å². The minimum atomic E-state index is -0.00509. The van der Waals surface area contributed by atoms with Crippen molar-refractivity contribution < 1.29 is 0 Å². The predicted molar refractivity (Wildman–Crippen MR) is 61.5 cm³/mol. The maximum atomic E-state index is 5.88. The van der Waals surface area contributed by atoms with E-state index in [1.54, 1.807) is 12.4 Å². The summed E-state index contributed by atoms with van der Waals surface area (Å²) in [5.41, 5.74) is 6.75. The molecule has 0 saturated heterocycles. The van der Waals surface area contributed by atoms with E-state index in [1.807, 2.05) is 0 Å². The Bertz CT molecular complexity index is 247. The molecule has 0 bridgehead atoms. The van der Waals surface area contributed by atoms with Gasteiger partial charge < -0.3 is 11.9 Å². The number of hydrogen-bond donors (Lipinski definition) is 2. The largest absolute Gasteiger partial charge is 0.344 e. The van der Waals surface area contributed by atoms with E-state index in [1.165, 1.54) is 0 Å². The number of hydrogen-bond acceptors (Lipinski definition) is 4. The first-order valence-electron chi connectivity index (χ1n) is 3.84.